The fourth-order valence-electron chi connectivity index (χ4n) is 0.953. The van der Waals surface area contributed by atoms with Gasteiger partial charge in [-0.05, 0) is 24.7 Å². The number of hydrogen-bond acceptors (Lipinski definition) is 1. The molecule has 0 bridgehead atoms. The third-order valence-electron chi connectivity index (χ3n) is 1.77. The van der Waals surface area contributed by atoms with Crippen molar-refractivity contribution in [1.82, 2.24) is 4.90 Å². The second kappa shape index (κ2) is 4.19. The van der Waals surface area contributed by atoms with Crippen LogP contribution in [0.3, 0.4) is 0 Å². The van der Waals surface area contributed by atoms with E-state index >= 15 is 0 Å². The summed E-state index contributed by atoms with van der Waals surface area (Å²) in [4.78, 5) is 0.316. The Morgan fingerprint density at radius 2 is 1.71 bits per heavy atom. The third kappa shape index (κ3) is 3.20. The van der Waals surface area contributed by atoms with Gasteiger partial charge >= 0.3 is 6.30 Å². The molecular formula is C9H9ClF3N. The lowest BCUT2D eigenvalue weighted by molar-refractivity contribution is -0.240. The number of nitrogens with zero attached hydrogens (tertiary/aromatic N) is 1. The van der Waals surface area contributed by atoms with Crippen LogP contribution in [0.2, 0.25) is 5.02 Å². The molecule has 1 nitrogen and oxygen atoms in total. The first-order valence-corrected chi connectivity index (χ1v) is 4.30. The van der Waals surface area contributed by atoms with Crippen molar-refractivity contribution in [2.24, 2.45) is 0 Å². The molecule has 0 radical (unpaired) electrons. The fourth-order valence-corrected chi connectivity index (χ4v) is 1.08. The molecule has 0 aromatic heterocycles. The molecule has 0 aliphatic heterocycles. The molecule has 0 fully saturated rings. The van der Waals surface area contributed by atoms with Crippen molar-refractivity contribution in [3.63, 3.8) is 0 Å². The van der Waals surface area contributed by atoms with E-state index in [9.17, 15) is 13.2 Å². The first-order valence-electron chi connectivity index (χ1n) is 3.92. The maximum Gasteiger partial charge on any atom is 0.459 e. The molecule has 1 rings (SSSR count). The Balaban J connectivity index is 2.65. The van der Waals surface area contributed by atoms with Gasteiger partial charge in [-0.3, -0.25) is 0 Å². The number of halogens is 4. The SMILES string of the molecule is CN(Cc1ccc(Cl)cc1)C(F)(F)F. The second-order valence-corrected chi connectivity index (χ2v) is 3.39. The lowest BCUT2D eigenvalue weighted by Gasteiger charge is -2.19. The van der Waals surface area contributed by atoms with Gasteiger partial charge in [-0.2, -0.15) is 13.2 Å². The maximum atomic E-state index is 12.1. The highest BCUT2D eigenvalue weighted by atomic mass is 35.5. The van der Waals surface area contributed by atoms with Gasteiger partial charge in [-0.1, -0.05) is 23.7 Å². The molecule has 0 heterocycles. The van der Waals surface area contributed by atoms with Crippen LogP contribution in [0.25, 0.3) is 0 Å². The zero-order valence-electron chi connectivity index (χ0n) is 7.48. The minimum Gasteiger partial charge on any atom is -0.213 e. The molecule has 0 unspecified atom stereocenters. The van der Waals surface area contributed by atoms with Crippen molar-refractivity contribution < 1.29 is 13.2 Å². The van der Waals surface area contributed by atoms with Gasteiger partial charge in [-0.25, -0.2) is 4.90 Å². The smallest absolute Gasteiger partial charge is 0.213 e. The van der Waals surface area contributed by atoms with E-state index in [-0.39, 0.29) is 6.54 Å². The van der Waals surface area contributed by atoms with Gasteiger partial charge in [-0.15, -0.1) is 0 Å². The Morgan fingerprint density at radius 1 is 1.21 bits per heavy atom. The van der Waals surface area contributed by atoms with Crippen LogP contribution in [0, 0.1) is 0 Å². The molecule has 0 saturated heterocycles. The molecule has 0 amide bonds. The summed E-state index contributed by atoms with van der Waals surface area (Å²) in [6.07, 6.45) is -4.29. The highest BCUT2D eigenvalue weighted by molar-refractivity contribution is 6.30. The lowest BCUT2D eigenvalue weighted by atomic mass is 10.2. The van der Waals surface area contributed by atoms with Crippen LogP contribution < -0.4 is 0 Å². The molecule has 78 valence electrons. The van der Waals surface area contributed by atoms with Gasteiger partial charge < -0.3 is 0 Å². The van der Waals surface area contributed by atoms with Crippen LogP contribution in [-0.2, 0) is 6.54 Å². The molecule has 1 aromatic rings. The van der Waals surface area contributed by atoms with Gasteiger partial charge in [0.25, 0.3) is 0 Å². The van der Waals surface area contributed by atoms with Crippen LogP contribution in [0.15, 0.2) is 24.3 Å². The van der Waals surface area contributed by atoms with E-state index < -0.39 is 6.30 Å². The van der Waals surface area contributed by atoms with Crippen LogP contribution in [0.4, 0.5) is 13.2 Å². The molecule has 5 heteroatoms. The highest BCUT2D eigenvalue weighted by Gasteiger charge is 2.33. The fraction of sp³-hybridized carbons (Fsp3) is 0.333. The number of rotatable bonds is 2. The average Bonchev–Trinajstić information content (AvgIpc) is 2.07. The molecule has 0 N–H and O–H groups in total. The van der Waals surface area contributed by atoms with Gasteiger partial charge in [0.2, 0.25) is 0 Å². The van der Waals surface area contributed by atoms with Gasteiger partial charge in [0, 0.05) is 11.6 Å². The summed E-state index contributed by atoms with van der Waals surface area (Å²) in [6.45, 7) is -0.166. The van der Waals surface area contributed by atoms with E-state index in [1.54, 1.807) is 24.3 Å². The summed E-state index contributed by atoms with van der Waals surface area (Å²) >= 11 is 5.60. The van der Waals surface area contributed by atoms with Gasteiger partial charge in [0.15, 0.2) is 0 Å². The zero-order chi connectivity index (χ0) is 10.8. The standard InChI is InChI=1S/C9H9ClF3N/c1-14(9(11,12)13)6-7-2-4-8(10)5-3-7/h2-5H,6H2,1H3. The van der Waals surface area contributed by atoms with Crippen molar-refractivity contribution in [3.05, 3.63) is 34.9 Å². The van der Waals surface area contributed by atoms with E-state index in [0.29, 0.717) is 15.5 Å². The van der Waals surface area contributed by atoms with Crippen molar-refractivity contribution in [1.29, 1.82) is 0 Å². The predicted octanol–water partition coefficient (Wildman–Crippen LogP) is 3.29. The molecule has 0 saturated carbocycles. The Hall–Kier alpha value is -0.740. The van der Waals surface area contributed by atoms with Crippen molar-refractivity contribution >= 4 is 11.6 Å². The minimum atomic E-state index is -4.29. The molecule has 1 aromatic carbocycles. The summed E-state index contributed by atoms with van der Waals surface area (Å²) in [6, 6.07) is 6.29. The predicted molar refractivity (Wildman–Crippen MR) is 49.0 cm³/mol. The molecule has 0 aliphatic rings. The minimum absolute atomic E-state index is 0.166. The van der Waals surface area contributed by atoms with E-state index in [1.807, 2.05) is 0 Å². The van der Waals surface area contributed by atoms with Crippen LogP contribution in [0.1, 0.15) is 5.56 Å². The normalized spacial score (nSPS) is 12.1. The molecular weight excluding hydrogens is 215 g/mol. The van der Waals surface area contributed by atoms with Gasteiger partial charge in [0.1, 0.15) is 0 Å². The Labute approximate surface area is 85.1 Å². The number of alkyl halides is 3. The summed E-state index contributed by atoms with van der Waals surface area (Å²) in [5.41, 5.74) is 0.578. The van der Waals surface area contributed by atoms with Crippen LogP contribution in [0.5, 0.6) is 0 Å². The molecule has 0 aliphatic carbocycles. The highest BCUT2D eigenvalue weighted by Crippen LogP contribution is 2.21. The van der Waals surface area contributed by atoms with E-state index in [4.69, 9.17) is 11.6 Å². The van der Waals surface area contributed by atoms with E-state index in [2.05, 4.69) is 0 Å². The van der Waals surface area contributed by atoms with E-state index in [1.165, 1.54) is 0 Å². The van der Waals surface area contributed by atoms with Crippen LogP contribution in [-0.4, -0.2) is 18.2 Å². The topological polar surface area (TPSA) is 3.24 Å². The quantitative estimate of drug-likeness (QED) is 0.696. The Morgan fingerprint density at radius 3 is 2.14 bits per heavy atom. The van der Waals surface area contributed by atoms with Crippen LogP contribution >= 0.6 is 11.6 Å². The molecule has 0 spiro atoms. The van der Waals surface area contributed by atoms with Crippen molar-refractivity contribution in [3.8, 4) is 0 Å². The monoisotopic (exact) mass is 223 g/mol. The summed E-state index contributed by atoms with van der Waals surface area (Å²) in [5, 5.41) is 0.517. The first kappa shape index (κ1) is 11.3. The van der Waals surface area contributed by atoms with Crippen molar-refractivity contribution in [2.75, 3.05) is 7.05 Å². The third-order valence-corrected chi connectivity index (χ3v) is 2.02. The van der Waals surface area contributed by atoms with Crippen molar-refractivity contribution in [2.45, 2.75) is 12.8 Å². The first-order chi connectivity index (χ1) is 6.39. The summed E-state index contributed by atoms with van der Waals surface area (Å²) < 4.78 is 36.3. The zero-order valence-corrected chi connectivity index (χ0v) is 8.23. The van der Waals surface area contributed by atoms with E-state index in [0.717, 1.165) is 7.05 Å². The second-order valence-electron chi connectivity index (χ2n) is 2.95. The van der Waals surface area contributed by atoms with Gasteiger partial charge in [0.05, 0.1) is 0 Å². The number of hydrogen-bond donors (Lipinski definition) is 0. The summed E-state index contributed by atoms with van der Waals surface area (Å²) in [7, 11) is 1.01. The Bertz CT molecular complexity index is 294. The molecule has 0 atom stereocenters. The average molecular weight is 224 g/mol. The largest absolute Gasteiger partial charge is 0.459 e. The lowest BCUT2D eigenvalue weighted by Crippen LogP contribution is -2.33. The molecule has 14 heavy (non-hydrogen) atoms. The maximum absolute atomic E-state index is 12.1. The summed E-state index contributed by atoms with van der Waals surface area (Å²) in [5.74, 6) is 0. The Kier molecular flexibility index (Phi) is 3.39. The number of benzene rings is 1.